The monoisotopic (exact) mass is 426 g/mol. The van der Waals surface area contributed by atoms with Gasteiger partial charge in [-0.3, -0.25) is 4.79 Å². The number of amides is 1. The van der Waals surface area contributed by atoms with E-state index in [1.165, 1.54) is 5.56 Å². The minimum absolute atomic E-state index is 0.0560. The third-order valence-corrected chi connectivity index (χ3v) is 7.60. The van der Waals surface area contributed by atoms with Crippen LogP contribution in [0.3, 0.4) is 0 Å². The summed E-state index contributed by atoms with van der Waals surface area (Å²) in [6.07, 6.45) is 2.63. The first kappa shape index (κ1) is 21.1. The maximum absolute atomic E-state index is 13.0. The van der Waals surface area contributed by atoms with Crippen LogP contribution in [-0.2, 0) is 26.7 Å². The zero-order valence-electron chi connectivity index (χ0n) is 18.1. The lowest BCUT2D eigenvalue weighted by atomic mass is 9.86. The minimum Gasteiger partial charge on any atom is -0.312 e. The first-order valence-corrected chi connectivity index (χ1v) is 12.1. The van der Waals surface area contributed by atoms with Crippen LogP contribution in [0.25, 0.3) is 0 Å². The Morgan fingerprint density at radius 2 is 1.77 bits per heavy atom. The Kier molecular flexibility index (Phi) is 5.27. The number of rotatable bonds is 5. The summed E-state index contributed by atoms with van der Waals surface area (Å²) in [6, 6.07) is 12.8. The molecule has 1 fully saturated rings. The lowest BCUT2D eigenvalue weighted by Gasteiger charge is -2.21. The number of hydrogen-bond donors (Lipinski definition) is 1. The predicted octanol–water partition coefficient (Wildman–Crippen LogP) is 4.32. The molecule has 1 N–H and O–H groups in total. The number of fused-ring (bicyclic) bond motifs is 1. The number of nitrogens with one attached hydrogen (secondary N) is 1. The van der Waals surface area contributed by atoms with E-state index in [0.29, 0.717) is 13.0 Å². The summed E-state index contributed by atoms with van der Waals surface area (Å²) >= 11 is 0. The number of sulfonamides is 1. The zero-order chi connectivity index (χ0) is 21.7. The molecule has 30 heavy (non-hydrogen) atoms. The van der Waals surface area contributed by atoms with Crippen LogP contribution in [0.15, 0.2) is 47.4 Å². The SMILES string of the molecule is CC(NS(=O)(=O)c1ccc2c(c1)CCN2C(=O)C1CC1)c1ccc(C(C)(C)C)cc1. The molecule has 2 aromatic carbocycles. The van der Waals surface area contributed by atoms with Crippen LogP contribution < -0.4 is 9.62 Å². The van der Waals surface area contributed by atoms with E-state index in [2.05, 4.69) is 37.6 Å². The molecule has 0 radical (unpaired) electrons. The van der Waals surface area contributed by atoms with Gasteiger partial charge in [0.25, 0.3) is 0 Å². The number of anilines is 1. The highest BCUT2D eigenvalue weighted by atomic mass is 32.2. The Balaban J connectivity index is 1.50. The second kappa shape index (κ2) is 7.50. The number of nitrogens with zero attached hydrogens (tertiary/aromatic N) is 1. The average Bonchev–Trinajstić information content (AvgIpc) is 3.45. The Labute approximate surface area is 179 Å². The maximum Gasteiger partial charge on any atom is 0.241 e. The van der Waals surface area contributed by atoms with Gasteiger partial charge in [0.1, 0.15) is 0 Å². The van der Waals surface area contributed by atoms with Gasteiger partial charge in [0.15, 0.2) is 0 Å². The van der Waals surface area contributed by atoms with Crippen LogP contribution in [0.4, 0.5) is 5.69 Å². The molecule has 0 saturated heterocycles. The van der Waals surface area contributed by atoms with Gasteiger partial charge in [0, 0.05) is 24.2 Å². The lowest BCUT2D eigenvalue weighted by Crippen LogP contribution is -2.30. The van der Waals surface area contributed by atoms with Gasteiger partial charge in [0.2, 0.25) is 15.9 Å². The van der Waals surface area contributed by atoms with E-state index in [1.54, 1.807) is 18.2 Å². The van der Waals surface area contributed by atoms with Gasteiger partial charge in [-0.2, -0.15) is 0 Å². The average molecular weight is 427 g/mol. The molecule has 4 rings (SSSR count). The van der Waals surface area contributed by atoms with Crippen molar-refractivity contribution >= 4 is 21.6 Å². The fourth-order valence-electron chi connectivity index (χ4n) is 3.97. The summed E-state index contributed by atoms with van der Waals surface area (Å²) in [5.74, 6) is 0.335. The largest absolute Gasteiger partial charge is 0.312 e. The molecule has 1 unspecified atom stereocenters. The van der Waals surface area contributed by atoms with E-state index in [1.807, 2.05) is 24.0 Å². The van der Waals surface area contributed by atoms with Gasteiger partial charge in [-0.15, -0.1) is 0 Å². The normalized spacial score (nSPS) is 17.7. The summed E-state index contributed by atoms with van der Waals surface area (Å²) in [5, 5.41) is 0. The fourth-order valence-corrected chi connectivity index (χ4v) is 5.25. The van der Waals surface area contributed by atoms with Gasteiger partial charge < -0.3 is 4.90 Å². The molecule has 1 aliphatic heterocycles. The van der Waals surface area contributed by atoms with Crippen LogP contribution >= 0.6 is 0 Å². The van der Waals surface area contributed by atoms with Gasteiger partial charge >= 0.3 is 0 Å². The molecule has 5 nitrogen and oxygen atoms in total. The molecule has 1 heterocycles. The third-order valence-electron chi connectivity index (χ3n) is 6.06. The van der Waals surface area contributed by atoms with Crippen molar-refractivity contribution in [1.82, 2.24) is 4.72 Å². The quantitative estimate of drug-likeness (QED) is 0.774. The first-order chi connectivity index (χ1) is 14.1. The van der Waals surface area contributed by atoms with Crippen LogP contribution in [0.5, 0.6) is 0 Å². The fraction of sp³-hybridized carbons (Fsp3) is 0.458. The molecule has 1 amide bonds. The topological polar surface area (TPSA) is 66.5 Å². The Hall–Kier alpha value is -2.18. The van der Waals surface area contributed by atoms with Crippen molar-refractivity contribution < 1.29 is 13.2 Å². The Morgan fingerprint density at radius 3 is 2.37 bits per heavy atom. The highest BCUT2D eigenvalue weighted by Crippen LogP contribution is 2.37. The summed E-state index contributed by atoms with van der Waals surface area (Å²) in [7, 11) is -3.66. The molecule has 2 aliphatic rings. The Morgan fingerprint density at radius 1 is 1.10 bits per heavy atom. The second-order valence-corrected chi connectivity index (χ2v) is 11.2. The summed E-state index contributed by atoms with van der Waals surface area (Å²) in [5.41, 5.74) is 3.98. The lowest BCUT2D eigenvalue weighted by molar-refractivity contribution is -0.119. The molecule has 1 atom stereocenters. The first-order valence-electron chi connectivity index (χ1n) is 10.6. The van der Waals surface area contributed by atoms with Crippen LogP contribution in [0.2, 0.25) is 0 Å². The van der Waals surface area contributed by atoms with Crippen molar-refractivity contribution in [2.24, 2.45) is 5.92 Å². The number of carbonyl (C=O) groups excluding carboxylic acids is 1. The second-order valence-electron chi connectivity index (χ2n) is 9.52. The molecule has 1 saturated carbocycles. The molecule has 0 bridgehead atoms. The molecular formula is C24H30N2O3S. The van der Waals surface area contributed by atoms with Gasteiger partial charge in [-0.1, -0.05) is 45.0 Å². The van der Waals surface area contributed by atoms with Crippen molar-refractivity contribution in [3.05, 3.63) is 59.2 Å². The molecular weight excluding hydrogens is 396 g/mol. The smallest absolute Gasteiger partial charge is 0.241 e. The van der Waals surface area contributed by atoms with Crippen molar-refractivity contribution in [3.63, 3.8) is 0 Å². The van der Waals surface area contributed by atoms with E-state index in [0.717, 1.165) is 29.7 Å². The summed E-state index contributed by atoms with van der Waals surface area (Å²) in [6.45, 7) is 8.95. The molecule has 0 aromatic heterocycles. The zero-order valence-corrected chi connectivity index (χ0v) is 18.9. The van der Waals surface area contributed by atoms with Crippen molar-refractivity contribution in [2.75, 3.05) is 11.4 Å². The van der Waals surface area contributed by atoms with Gasteiger partial charge in [-0.05, 0) is 66.5 Å². The molecule has 6 heteroatoms. The molecule has 160 valence electrons. The van der Waals surface area contributed by atoms with Gasteiger partial charge in [0.05, 0.1) is 4.90 Å². The standard InChI is InChI=1S/C24H30N2O3S/c1-16(17-7-9-20(10-8-17)24(2,3)4)25-30(28,29)21-11-12-22-19(15-21)13-14-26(22)23(27)18-5-6-18/h7-12,15-16,18,25H,5-6,13-14H2,1-4H3. The van der Waals surface area contributed by atoms with E-state index in [9.17, 15) is 13.2 Å². The molecule has 2 aromatic rings. The number of hydrogen-bond acceptors (Lipinski definition) is 3. The van der Waals surface area contributed by atoms with Crippen LogP contribution in [0, 0.1) is 5.92 Å². The minimum atomic E-state index is -3.66. The maximum atomic E-state index is 13.0. The van der Waals surface area contributed by atoms with Crippen molar-refractivity contribution in [1.29, 1.82) is 0 Å². The van der Waals surface area contributed by atoms with E-state index < -0.39 is 10.0 Å². The molecule has 0 spiro atoms. The van der Waals surface area contributed by atoms with Gasteiger partial charge in [-0.25, -0.2) is 13.1 Å². The highest BCUT2D eigenvalue weighted by molar-refractivity contribution is 7.89. The van der Waals surface area contributed by atoms with Crippen molar-refractivity contribution in [3.8, 4) is 0 Å². The Bertz CT molecular complexity index is 1060. The number of carbonyl (C=O) groups is 1. The van der Waals surface area contributed by atoms with Crippen molar-refractivity contribution in [2.45, 2.75) is 63.3 Å². The summed E-state index contributed by atoms with van der Waals surface area (Å²) in [4.78, 5) is 14.5. The van der Waals surface area contributed by atoms with E-state index in [4.69, 9.17) is 0 Å². The summed E-state index contributed by atoms with van der Waals surface area (Å²) < 4.78 is 28.8. The third kappa shape index (κ3) is 4.16. The van der Waals surface area contributed by atoms with E-state index in [-0.39, 0.29) is 28.2 Å². The number of benzene rings is 2. The molecule has 1 aliphatic carbocycles. The van der Waals surface area contributed by atoms with Crippen LogP contribution in [-0.4, -0.2) is 20.9 Å². The van der Waals surface area contributed by atoms with E-state index >= 15 is 0 Å². The highest BCUT2D eigenvalue weighted by Gasteiger charge is 2.36. The van der Waals surface area contributed by atoms with Crippen LogP contribution in [0.1, 0.15) is 63.3 Å². The predicted molar refractivity (Wildman–Crippen MR) is 119 cm³/mol.